The van der Waals surface area contributed by atoms with Crippen LogP contribution in [-0.4, -0.2) is 30.7 Å². The number of methoxy groups -OCH3 is 1. The summed E-state index contributed by atoms with van der Waals surface area (Å²) in [5.41, 5.74) is 0.736. The summed E-state index contributed by atoms with van der Waals surface area (Å²) >= 11 is 6.01. The topological polar surface area (TPSA) is 110 Å². The van der Waals surface area contributed by atoms with Crippen molar-refractivity contribution in [1.29, 1.82) is 0 Å². The zero-order valence-corrected chi connectivity index (χ0v) is 15.0. The quantitative estimate of drug-likeness (QED) is 0.677. The van der Waals surface area contributed by atoms with Gasteiger partial charge in [0.05, 0.1) is 17.8 Å². The minimum Gasteiger partial charge on any atom is -0.495 e. The molecule has 0 radical (unpaired) electrons. The highest BCUT2D eigenvalue weighted by Crippen LogP contribution is 2.29. The van der Waals surface area contributed by atoms with E-state index in [1.165, 1.54) is 25.4 Å². The molecular weight excluding hydrogens is 368 g/mol. The molecule has 0 saturated carbocycles. The number of hydrogen-bond donors (Lipinski definition) is 2. The lowest BCUT2D eigenvalue weighted by atomic mass is 10.3. The van der Waals surface area contributed by atoms with E-state index in [0.717, 1.165) is 0 Å². The van der Waals surface area contributed by atoms with Crippen LogP contribution in [0.15, 0.2) is 39.8 Å². The second kappa shape index (κ2) is 6.77. The molecule has 0 bridgehead atoms. The molecule has 25 heavy (non-hydrogen) atoms. The number of benzene rings is 1. The van der Waals surface area contributed by atoms with E-state index < -0.39 is 10.0 Å². The maximum absolute atomic E-state index is 12.5. The number of sulfonamides is 1. The summed E-state index contributed by atoms with van der Waals surface area (Å²) in [6.07, 6.45) is 1.94. The van der Waals surface area contributed by atoms with Crippen LogP contribution in [0.1, 0.15) is 12.8 Å². The smallest absolute Gasteiger partial charge is 0.264 e. The van der Waals surface area contributed by atoms with E-state index in [1.54, 1.807) is 12.1 Å². The first-order chi connectivity index (χ1) is 11.9. The molecule has 2 aromatic heterocycles. The number of hydrogen-bond acceptors (Lipinski definition) is 6. The Hall–Kier alpha value is -2.52. The van der Waals surface area contributed by atoms with Crippen molar-refractivity contribution in [3.8, 4) is 17.3 Å². The SMILES string of the molecule is CCc1nnc(-c2cc(S(=O)(=O)Nc3ccc(OC)c(Cl)c3)c[nH]2)o1. The summed E-state index contributed by atoms with van der Waals surface area (Å²) < 4.78 is 37.9. The predicted molar refractivity (Wildman–Crippen MR) is 92.3 cm³/mol. The summed E-state index contributed by atoms with van der Waals surface area (Å²) in [5, 5.41) is 8.02. The molecule has 2 N–H and O–H groups in total. The van der Waals surface area contributed by atoms with Crippen LogP contribution in [-0.2, 0) is 16.4 Å². The summed E-state index contributed by atoms with van der Waals surface area (Å²) in [5.74, 6) is 1.16. The van der Waals surface area contributed by atoms with E-state index in [9.17, 15) is 8.42 Å². The van der Waals surface area contributed by atoms with Crippen LogP contribution in [0, 0.1) is 0 Å². The molecule has 3 rings (SSSR count). The van der Waals surface area contributed by atoms with Gasteiger partial charge in [-0.15, -0.1) is 10.2 Å². The van der Waals surface area contributed by atoms with Gasteiger partial charge in [-0.25, -0.2) is 8.42 Å². The third kappa shape index (κ3) is 3.62. The first kappa shape index (κ1) is 17.3. The maximum Gasteiger partial charge on any atom is 0.264 e. The van der Waals surface area contributed by atoms with Crippen LogP contribution in [0.5, 0.6) is 5.75 Å². The third-order valence-electron chi connectivity index (χ3n) is 3.37. The normalized spacial score (nSPS) is 11.5. The Labute approximate surface area is 149 Å². The fraction of sp³-hybridized carbons (Fsp3) is 0.200. The highest BCUT2D eigenvalue weighted by molar-refractivity contribution is 7.92. The Morgan fingerprint density at radius 1 is 1.32 bits per heavy atom. The van der Waals surface area contributed by atoms with Gasteiger partial charge in [-0.05, 0) is 24.3 Å². The number of H-pyrrole nitrogens is 1. The molecule has 8 nitrogen and oxygen atoms in total. The third-order valence-corrected chi connectivity index (χ3v) is 5.03. The van der Waals surface area contributed by atoms with Crippen LogP contribution < -0.4 is 9.46 Å². The number of anilines is 1. The number of aryl methyl sites for hydroxylation is 1. The number of rotatable bonds is 6. The van der Waals surface area contributed by atoms with Crippen molar-refractivity contribution in [2.45, 2.75) is 18.2 Å². The van der Waals surface area contributed by atoms with Gasteiger partial charge in [-0.1, -0.05) is 18.5 Å². The highest BCUT2D eigenvalue weighted by Gasteiger charge is 2.19. The number of nitrogens with zero attached hydrogens (tertiary/aromatic N) is 2. The molecule has 0 atom stereocenters. The lowest BCUT2D eigenvalue weighted by Crippen LogP contribution is -2.12. The summed E-state index contributed by atoms with van der Waals surface area (Å²) in [7, 11) is -2.33. The number of nitrogens with one attached hydrogen (secondary N) is 2. The van der Waals surface area contributed by atoms with Gasteiger partial charge in [0.1, 0.15) is 16.3 Å². The number of aromatic amines is 1. The van der Waals surface area contributed by atoms with Crippen molar-refractivity contribution in [3.05, 3.63) is 41.4 Å². The molecule has 3 aromatic rings. The first-order valence-corrected chi connectivity index (χ1v) is 9.16. The summed E-state index contributed by atoms with van der Waals surface area (Å²) in [4.78, 5) is 2.85. The summed E-state index contributed by atoms with van der Waals surface area (Å²) in [6.45, 7) is 1.88. The van der Waals surface area contributed by atoms with E-state index in [4.69, 9.17) is 20.8 Å². The second-order valence-corrected chi connectivity index (χ2v) is 7.15. The van der Waals surface area contributed by atoms with E-state index in [-0.39, 0.29) is 10.8 Å². The molecule has 0 aliphatic rings. The van der Waals surface area contributed by atoms with Gasteiger partial charge in [-0.2, -0.15) is 0 Å². The number of ether oxygens (including phenoxy) is 1. The summed E-state index contributed by atoms with van der Waals surface area (Å²) in [6, 6.07) is 6.02. The molecule has 0 aliphatic heterocycles. The monoisotopic (exact) mass is 382 g/mol. The van der Waals surface area contributed by atoms with Crippen LogP contribution >= 0.6 is 11.6 Å². The van der Waals surface area contributed by atoms with Gasteiger partial charge < -0.3 is 14.1 Å². The van der Waals surface area contributed by atoms with Gasteiger partial charge in [0.25, 0.3) is 15.9 Å². The fourth-order valence-corrected chi connectivity index (χ4v) is 3.40. The van der Waals surface area contributed by atoms with E-state index in [0.29, 0.717) is 34.5 Å². The van der Waals surface area contributed by atoms with E-state index >= 15 is 0 Å². The average Bonchev–Trinajstić information content (AvgIpc) is 3.24. The minimum absolute atomic E-state index is 0.0330. The number of halogens is 1. The van der Waals surface area contributed by atoms with Crippen molar-refractivity contribution in [3.63, 3.8) is 0 Å². The zero-order valence-electron chi connectivity index (χ0n) is 13.4. The predicted octanol–water partition coefficient (Wildman–Crippen LogP) is 3.09. The molecule has 0 aliphatic carbocycles. The lowest BCUT2D eigenvalue weighted by molar-refractivity contribution is 0.415. The van der Waals surface area contributed by atoms with E-state index in [2.05, 4.69) is 19.9 Å². The lowest BCUT2D eigenvalue weighted by Gasteiger charge is -2.08. The van der Waals surface area contributed by atoms with Crippen molar-refractivity contribution in [1.82, 2.24) is 15.2 Å². The Kier molecular flexibility index (Phi) is 4.69. The Bertz CT molecular complexity index is 997. The molecule has 0 saturated heterocycles. The fourth-order valence-electron chi connectivity index (χ4n) is 2.10. The molecule has 0 unspecified atom stereocenters. The van der Waals surface area contributed by atoms with Crippen molar-refractivity contribution in [2.24, 2.45) is 0 Å². The van der Waals surface area contributed by atoms with Crippen LogP contribution in [0.4, 0.5) is 5.69 Å². The van der Waals surface area contributed by atoms with E-state index in [1.807, 2.05) is 6.92 Å². The second-order valence-electron chi connectivity index (χ2n) is 5.06. The maximum atomic E-state index is 12.5. The average molecular weight is 383 g/mol. The molecule has 0 fully saturated rings. The molecule has 10 heteroatoms. The van der Waals surface area contributed by atoms with Gasteiger partial charge in [0.15, 0.2) is 0 Å². The number of aromatic nitrogens is 3. The molecule has 1 aromatic carbocycles. The standard InChI is InChI=1S/C15H15ClN4O4S/c1-3-14-18-19-15(24-14)12-7-10(8-17-12)25(21,22)20-9-4-5-13(23-2)11(16)6-9/h4-8,17,20H,3H2,1-2H3. The first-order valence-electron chi connectivity index (χ1n) is 7.30. The highest BCUT2D eigenvalue weighted by atomic mass is 35.5. The molecule has 0 amide bonds. The Morgan fingerprint density at radius 3 is 2.76 bits per heavy atom. The molecule has 0 spiro atoms. The van der Waals surface area contributed by atoms with Gasteiger partial charge in [0.2, 0.25) is 5.89 Å². The van der Waals surface area contributed by atoms with Crippen LogP contribution in [0.2, 0.25) is 5.02 Å². The molecule has 132 valence electrons. The van der Waals surface area contributed by atoms with Gasteiger partial charge in [-0.3, -0.25) is 4.72 Å². The minimum atomic E-state index is -3.81. The Balaban J connectivity index is 1.84. The van der Waals surface area contributed by atoms with Crippen molar-refractivity contribution < 1.29 is 17.6 Å². The molecular formula is C15H15ClN4O4S. The van der Waals surface area contributed by atoms with Crippen molar-refractivity contribution in [2.75, 3.05) is 11.8 Å². The largest absolute Gasteiger partial charge is 0.495 e. The Morgan fingerprint density at radius 2 is 2.12 bits per heavy atom. The van der Waals surface area contributed by atoms with Crippen LogP contribution in [0.3, 0.4) is 0 Å². The van der Waals surface area contributed by atoms with Crippen LogP contribution in [0.25, 0.3) is 11.6 Å². The molecule has 2 heterocycles. The zero-order chi connectivity index (χ0) is 18.0. The van der Waals surface area contributed by atoms with Crippen molar-refractivity contribution >= 4 is 27.3 Å². The van der Waals surface area contributed by atoms with Gasteiger partial charge in [0, 0.05) is 12.6 Å². The van der Waals surface area contributed by atoms with Gasteiger partial charge >= 0.3 is 0 Å².